The van der Waals surface area contributed by atoms with Crippen molar-refractivity contribution in [2.75, 3.05) is 13.6 Å². The number of ether oxygens (including phenoxy) is 4. The minimum atomic E-state index is -1.11. The number of carboxylic acids is 1. The molecule has 0 saturated carbocycles. The van der Waals surface area contributed by atoms with Gasteiger partial charge in [0.05, 0.1) is 12.2 Å². The van der Waals surface area contributed by atoms with Crippen molar-refractivity contribution in [1.29, 1.82) is 0 Å². The van der Waals surface area contributed by atoms with Gasteiger partial charge >= 0.3 is 5.97 Å². The molecular weight excluding hydrogens is 502 g/mol. The van der Waals surface area contributed by atoms with Crippen LogP contribution in [0.1, 0.15) is 15.9 Å². The van der Waals surface area contributed by atoms with Crippen molar-refractivity contribution in [3.8, 4) is 34.1 Å². The van der Waals surface area contributed by atoms with Crippen molar-refractivity contribution in [2.24, 2.45) is 0 Å². The maximum Gasteiger partial charge on any atom is 0.336 e. The van der Waals surface area contributed by atoms with E-state index in [4.69, 9.17) is 18.9 Å². The first kappa shape index (κ1) is 20.5. The molecule has 0 unspecified atom stereocenters. The topological polar surface area (TPSA) is 94.5 Å². The van der Waals surface area contributed by atoms with Crippen molar-refractivity contribution in [2.45, 2.75) is 6.61 Å². The van der Waals surface area contributed by atoms with E-state index in [1.165, 1.54) is 0 Å². The van der Waals surface area contributed by atoms with Crippen molar-refractivity contribution in [3.63, 3.8) is 0 Å². The van der Waals surface area contributed by atoms with E-state index < -0.39 is 12.6 Å². The summed E-state index contributed by atoms with van der Waals surface area (Å²) in [6.07, 6.45) is 0. The van der Waals surface area contributed by atoms with Crippen LogP contribution in [-0.4, -0.2) is 59.3 Å². The summed E-state index contributed by atoms with van der Waals surface area (Å²) in [7, 11) is 0. The van der Waals surface area contributed by atoms with Crippen LogP contribution < -0.4 is 18.9 Å². The van der Waals surface area contributed by atoms with E-state index in [0.717, 1.165) is 3.57 Å². The summed E-state index contributed by atoms with van der Waals surface area (Å²) in [6, 6.07) is 8.75. The first-order chi connectivity index (χ1) is 13.6. The third-order valence-electron chi connectivity index (χ3n) is 4.87. The van der Waals surface area contributed by atoms with Gasteiger partial charge in [0, 0.05) is 49.5 Å². The zero-order valence-electron chi connectivity index (χ0n) is 15.3. The molecule has 29 heavy (non-hydrogen) atoms. The molecule has 3 aromatic carbocycles. The number of carboxylic acid groups (broad SMARTS) is 1. The van der Waals surface area contributed by atoms with Gasteiger partial charge in [-0.2, -0.15) is 0 Å². The van der Waals surface area contributed by atoms with E-state index in [1.54, 1.807) is 18.2 Å². The summed E-state index contributed by atoms with van der Waals surface area (Å²) in [5.41, 5.74) is 1.62. The van der Waals surface area contributed by atoms with Gasteiger partial charge in [-0.3, -0.25) is 0 Å². The minimum Gasteiger partial charge on any atom is -0.478 e. The number of aromatic carboxylic acids is 1. The van der Waals surface area contributed by atoms with E-state index in [-0.39, 0.29) is 48.7 Å². The monoisotopic (exact) mass is 515 g/mol. The van der Waals surface area contributed by atoms with Crippen LogP contribution in [0.3, 0.4) is 0 Å². The quantitative estimate of drug-likeness (QED) is 0.408. The molecule has 2 heterocycles. The predicted octanol–water partition coefficient (Wildman–Crippen LogP) is 3.38. The van der Waals surface area contributed by atoms with E-state index in [2.05, 4.69) is 22.6 Å². The number of aliphatic hydroxyl groups is 1. The van der Waals surface area contributed by atoms with Gasteiger partial charge < -0.3 is 29.2 Å². The Bertz CT molecular complexity index is 1160. The van der Waals surface area contributed by atoms with Crippen molar-refractivity contribution in [1.82, 2.24) is 0 Å². The average molecular weight is 515 g/mol. The van der Waals surface area contributed by atoms with E-state index in [9.17, 15) is 15.0 Å². The Kier molecular flexibility index (Phi) is 5.56. The van der Waals surface area contributed by atoms with Crippen LogP contribution in [0, 0.1) is 3.57 Å². The van der Waals surface area contributed by atoms with Crippen LogP contribution in [0.2, 0.25) is 0 Å². The zero-order chi connectivity index (χ0) is 19.4. The van der Waals surface area contributed by atoms with Gasteiger partial charge in [-0.25, -0.2) is 4.79 Å². The number of rotatable bonds is 3. The Balaban J connectivity index is 0.00000205. The van der Waals surface area contributed by atoms with Gasteiger partial charge in [-0.1, -0.05) is 6.07 Å². The fourth-order valence-electron chi connectivity index (χ4n) is 3.66. The SMILES string of the molecule is O=C(O)c1cc2c(I)cc3c(c2c(-c2ccc4c(c2)OCO4)c1CO)OCO3.[Na]. The Morgan fingerprint density at radius 2 is 1.72 bits per heavy atom. The molecule has 0 atom stereocenters. The molecule has 0 fully saturated rings. The number of carbonyl (C=O) groups is 1. The van der Waals surface area contributed by atoms with Crippen LogP contribution in [0.15, 0.2) is 30.3 Å². The largest absolute Gasteiger partial charge is 0.478 e. The summed E-state index contributed by atoms with van der Waals surface area (Å²) in [6.45, 7) is -0.228. The Morgan fingerprint density at radius 1 is 1.00 bits per heavy atom. The van der Waals surface area contributed by atoms with Crippen LogP contribution in [0.25, 0.3) is 21.9 Å². The second kappa shape index (κ2) is 7.84. The van der Waals surface area contributed by atoms with E-state index in [1.807, 2.05) is 12.1 Å². The maximum atomic E-state index is 11.9. The number of hydrogen-bond acceptors (Lipinski definition) is 6. The number of fused-ring (bicyclic) bond motifs is 4. The fourth-order valence-corrected chi connectivity index (χ4v) is 4.37. The first-order valence-corrected chi connectivity index (χ1v) is 9.48. The van der Waals surface area contributed by atoms with Gasteiger partial charge in [-0.15, -0.1) is 0 Å². The smallest absolute Gasteiger partial charge is 0.336 e. The molecule has 1 radical (unpaired) electrons. The number of benzene rings is 3. The zero-order valence-corrected chi connectivity index (χ0v) is 19.5. The summed E-state index contributed by atoms with van der Waals surface area (Å²) >= 11 is 2.15. The number of hydrogen-bond donors (Lipinski definition) is 2. The molecule has 143 valence electrons. The van der Waals surface area contributed by atoms with E-state index >= 15 is 0 Å². The van der Waals surface area contributed by atoms with Crippen LogP contribution in [0.4, 0.5) is 0 Å². The maximum absolute atomic E-state index is 11.9. The molecular formula is C20H13INaO7. The molecule has 2 N–H and O–H groups in total. The molecule has 0 aromatic heterocycles. The molecule has 0 spiro atoms. The Morgan fingerprint density at radius 3 is 2.48 bits per heavy atom. The third kappa shape index (κ3) is 3.23. The first-order valence-electron chi connectivity index (χ1n) is 8.40. The van der Waals surface area contributed by atoms with Gasteiger partial charge in [-0.05, 0) is 58.0 Å². The molecule has 2 aliphatic rings. The van der Waals surface area contributed by atoms with Gasteiger partial charge in [0.15, 0.2) is 23.0 Å². The molecule has 0 bridgehead atoms. The average Bonchev–Trinajstić information content (AvgIpc) is 3.34. The van der Waals surface area contributed by atoms with Gasteiger partial charge in [0.25, 0.3) is 0 Å². The molecule has 2 aliphatic heterocycles. The van der Waals surface area contributed by atoms with Crippen molar-refractivity contribution in [3.05, 3.63) is 45.0 Å². The molecule has 0 saturated heterocycles. The molecule has 9 heteroatoms. The summed E-state index contributed by atoms with van der Waals surface area (Å²) < 4.78 is 22.9. The summed E-state index contributed by atoms with van der Waals surface area (Å²) in [4.78, 5) is 11.9. The molecule has 0 aliphatic carbocycles. The van der Waals surface area contributed by atoms with Crippen LogP contribution in [-0.2, 0) is 6.61 Å². The van der Waals surface area contributed by atoms with Gasteiger partial charge in [0.1, 0.15) is 0 Å². The van der Waals surface area contributed by atoms with Gasteiger partial charge in [0.2, 0.25) is 13.6 Å². The second-order valence-electron chi connectivity index (χ2n) is 6.32. The summed E-state index contributed by atoms with van der Waals surface area (Å²) in [5, 5.41) is 21.3. The molecule has 5 rings (SSSR count). The number of halogens is 1. The number of aliphatic hydroxyl groups excluding tert-OH is 1. The van der Waals surface area contributed by atoms with Crippen molar-refractivity contribution < 1.29 is 34.0 Å². The Labute approximate surface area is 200 Å². The normalized spacial score (nSPS) is 13.4. The van der Waals surface area contributed by atoms with Crippen LogP contribution in [0.5, 0.6) is 23.0 Å². The minimum absolute atomic E-state index is 0. The molecule has 7 nitrogen and oxygen atoms in total. The molecule has 3 aromatic rings. The Hall–Kier alpha value is -1.72. The standard InChI is InChI=1S/C20H13IO7.Na/c21-13-5-16-19(28-8-27-16)18-11(13)4-10(20(23)24)12(6-22)17(18)9-1-2-14-15(3-9)26-7-25-14;/h1-5,22H,6-8H2,(H,23,24);. The fraction of sp³-hybridized carbons (Fsp3) is 0.150. The van der Waals surface area contributed by atoms with E-state index in [0.29, 0.717) is 50.5 Å². The van der Waals surface area contributed by atoms with Crippen molar-refractivity contribution >= 4 is 68.9 Å². The third-order valence-corrected chi connectivity index (χ3v) is 5.76. The summed E-state index contributed by atoms with van der Waals surface area (Å²) in [5.74, 6) is 1.20. The van der Waals surface area contributed by atoms with Crippen LogP contribution >= 0.6 is 22.6 Å². The second-order valence-corrected chi connectivity index (χ2v) is 7.49. The predicted molar refractivity (Wildman–Crippen MR) is 113 cm³/mol. The molecule has 0 amide bonds.